The van der Waals surface area contributed by atoms with E-state index < -0.39 is 0 Å². The average Bonchev–Trinajstić information content (AvgIpc) is 2.92. The second kappa shape index (κ2) is 7.55. The number of aromatic nitrogens is 2. The lowest BCUT2D eigenvalue weighted by Gasteiger charge is -2.39. The van der Waals surface area contributed by atoms with Crippen LogP contribution >= 0.6 is 0 Å². The van der Waals surface area contributed by atoms with Crippen molar-refractivity contribution in [1.29, 1.82) is 0 Å². The third kappa shape index (κ3) is 3.82. The van der Waals surface area contributed by atoms with Gasteiger partial charge in [0.2, 0.25) is 5.95 Å². The summed E-state index contributed by atoms with van der Waals surface area (Å²) in [5.41, 5.74) is 0.419. The number of methoxy groups -OCH3 is 2. The lowest BCUT2D eigenvalue weighted by atomic mass is 9.76. The zero-order valence-corrected chi connectivity index (χ0v) is 14.3. The first-order chi connectivity index (χ1) is 11.3. The SMILES string of the molecule is COCCN1CC2(CCN(c3ncccn3)CC2)CC1COC. The van der Waals surface area contributed by atoms with Gasteiger partial charge in [-0.25, -0.2) is 9.97 Å². The van der Waals surface area contributed by atoms with Crippen molar-refractivity contribution in [3.63, 3.8) is 0 Å². The van der Waals surface area contributed by atoms with E-state index in [-0.39, 0.29) is 0 Å². The molecule has 0 aromatic carbocycles. The van der Waals surface area contributed by atoms with Gasteiger partial charge in [-0.05, 0) is 30.7 Å². The van der Waals surface area contributed by atoms with Crippen molar-refractivity contribution in [2.75, 3.05) is 58.5 Å². The van der Waals surface area contributed by atoms with Crippen LogP contribution in [0.25, 0.3) is 0 Å². The van der Waals surface area contributed by atoms with Crippen molar-refractivity contribution in [2.45, 2.75) is 25.3 Å². The third-order valence-electron chi connectivity index (χ3n) is 5.32. The van der Waals surface area contributed by atoms with Gasteiger partial charge in [0.15, 0.2) is 0 Å². The molecule has 1 aromatic heterocycles. The molecule has 6 heteroatoms. The fourth-order valence-electron chi connectivity index (χ4n) is 4.08. The molecule has 0 radical (unpaired) electrons. The first kappa shape index (κ1) is 16.6. The van der Waals surface area contributed by atoms with Crippen LogP contribution < -0.4 is 4.90 Å². The predicted octanol–water partition coefficient (Wildman–Crippen LogP) is 1.43. The Kier molecular flexibility index (Phi) is 5.46. The molecule has 2 fully saturated rings. The van der Waals surface area contributed by atoms with Gasteiger partial charge in [0.1, 0.15) is 0 Å². The van der Waals surface area contributed by atoms with E-state index in [2.05, 4.69) is 19.8 Å². The van der Waals surface area contributed by atoms with Crippen LogP contribution in [-0.2, 0) is 9.47 Å². The molecule has 2 aliphatic heterocycles. The average molecular weight is 320 g/mol. The highest BCUT2D eigenvalue weighted by atomic mass is 16.5. The number of ether oxygens (including phenoxy) is 2. The van der Waals surface area contributed by atoms with E-state index in [1.165, 1.54) is 19.3 Å². The number of piperidine rings is 1. The summed E-state index contributed by atoms with van der Waals surface area (Å²) in [6, 6.07) is 2.39. The smallest absolute Gasteiger partial charge is 0.225 e. The Balaban J connectivity index is 1.60. The molecule has 1 atom stereocenters. The number of rotatable bonds is 6. The summed E-state index contributed by atoms with van der Waals surface area (Å²) in [5, 5.41) is 0. The molecule has 1 spiro atoms. The summed E-state index contributed by atoms with van der Waals surface area (Å²) in [5.74, 6) is 0.866. The molecule has 3 rings (SSSR count). The molecule has 0 N–H and O–H groups in total. The Bertz CT molecular complexity index is 477. The third-order valence-corrected chi connectivity index (χ3v) is 5.32. The molecule has 3 heterocycles. The summed E-state index contributed by atoms with van der Waals surface area (Å²) in [6.45, 7) is 5.85. The van der Waals surface area contributed by atoms with Crippen LogP contribution in [0.5, 0.6) is 0 Å². The molecular weight excluding hydrogens is 292 g/mol. The predicted molar refractivity (Wildman–Crippen MR) is 89.6 cm³/mol. The second-order valence-electron chi connectivity index (χ2n) is 6.81. The molecule has 0 amide bonds. The fraction of sp³-hybridized carbons (Fsp3) is 0.765. The van der Waals surface area contributed by atoms with Crippen molar-refractivity contribution in [2.24, 2.45) is 5.41 Å². The fourth-order valence-corrected chi connectivity index (χ4v) is 4.08. The van der Waals surface area contributed by atoms with Crippen molar-refractivity contribution >= 4 is 5.95 Å². The van der Waals surface area contributed by atoms with Crippen LogP contribution in [0.3, 0.4) is 0 Å². The van der Waals surface area contributed by atoms with Gasteiger partial charge in [-0.2, -0.15) is 0 Å². The molecule has 0 bridgehead atoms. The zero-order valence-electron chi connectivity index (χ0n) is 14.3. The van der Waals surface area contributed by atoms with E-state index >= 15 is 0 Å². The van der Waals surface area contributed by atoms with Crippen molar-refractivity contribution in [3.05, 3.63) is 18.5 Å². The maximum atomic E-state index is 5.45. The van der Waals surface area contributed by atoms with Crippen LogP contribution in [-0.4, -0.2) is 74.5 Å². The monoisotopic (exact) mass is 320 g/mol. The van der Waals surface area contributed by atoms with Gasteiger partial charge in [-0.15, -0.1) is 0 Å². The van der Waals surface area contributed by atoms with Crippen LogP contribution in [0.1, 0.15) is 19.3 Å². The summed E-state index contributed by atoms with van der Waals surface area (Å²) in [4.78, 5) is 13.6. The highest BCUT2D eigenvalue weighted by Gasteiger charge is 2.45. The Labute approximate surface area is 138 Å². The van der Waals surface area contributed by atoms with Gasteiger partial charge in [-0.1, -0.05) is 0 Å². The normalized spacial score (nSPS) is 24.4. The van der Waals surface area contributed by atoms with E-state index in [4.69, 9.17) is 9.47 Å². The molecule has 1 unspecified atom stereocenters. The molecule has 23 heavy (non-hydrogen) atoms. The minimum atomic E-state index is 0.419. The summed E-state index contributed by atoms with van der Waals surface area (Å²) >= 11 is 0. The highest BCUT2D eigenvalue weighted by molar-refractivity contribution is 5.29. The van der Waals surface area contributed by atoms with E-state index in [1.807, 2.05) is 18.5 Å². The van der Waals surface area contributed by atoms with Gasteiger partial charge in [0, 0.05) is 58.8 Å². The van der Waals surface area contributed by atoms with E-state index in [1.54, 1.807) is 14.2 Å². The van der Waals surface area contributed by atoms with Crippen LogP contribution in [0.15, 0.2) is 18.5 Å². The number of hydrogen-bond donors (Lipinski definition) is 0. The second-order valence-corrected chi connectivity index (χ2v) is 6.81. The minimum absolute atomic E-state index is 0.419. The quantitative estimate of drug-likeness (QED) is 0.790. The maximum absolute atomic E-state index is 5.45. The van der Waals surface area contributed by atoms with E-state index in [0.717, 1.165) is 45.3 Å². The molecule has 128 valence electrons. The Morgan fingerprint density at radius 3 is 2.57 bits per heavy atom. The molecule has 0 saturated carbocycles. The van der Waals surface area contributed by atoms with Crippen LogP contribution in [0.2, 0.25) is 0 Å². The van der Waals surface area contributed by atoms with E-state index in [0.29, 0.717) is 11.5 Å². The Morgan fingerprint density at radius 2 is 1.91 bits per heavy atom. The molecule has 1 aromatic rings. The van der Waals surface area contributed by atoms with Gasteiger partial charge in [-0.3, -0.25) is 4.90 Å². The van der Waals surface area contributed by atoms with Crippen LogP contribution in [0.4, 0.5) is 5.95 Å². The van der Waals surface area contributed by atoms with Gasteiger partial charge >= 0.3 is 0 Å². The standard InChI is InChI=1S/C17H28N4O2/c1-22-11-10-21-14-17(12-15(21)13-23-2)4-8-20(9-5-17)16-18-6-3-7-19-16/h3,6-7,15H,4-5,8-14H2,1-2H3. The van der Waals surface area contributed by atoms with Gasteiger partial charge < -0.3 is 14.4 Å². The molecule has 2 aliphatic rings. The van der Waals surface area contributed by atoms with Crippen molar-refractivity contribution < 1.29 is 9.47 Å². The lowest BCUT2D eigenvalue weighted by Crippen LogP contribution is -2.42. The topological polar surface area (TPSA) is 50.7 Å². The lowest BCUT2D eigenvalue weighted by molar-refractivity contribution is 0.0901. The Hall–Kier alpha value is -1.24. The van der Waals surface area contributed by atoms with Crippen LogP contribution in [0, 0.1) is 5.41 Å². The zero-order chi connectivity index (χ0) is 16.1. The highest BCUT2D eigenvalue weighted by Crippen LogP contribution is 2.43. The molecular formula is C17H28N4O2. The molecule has 0 aliphatic carbocycles. The number of nitrogens with zero attached hydrogens (tertiary/aromatic N) is 4. The minimum Gasteiger partial charge on any atom is -0.383 e. The van der Waals surface area contributed by atoms with E-state index in [9.17, 15) is 0 Å². The molecule has 2 saturated heterocycles. The maximum Gasteiger partial charge on any atom is 0.225 e. The summed E-state index contributed by atoms with van der Waals surface area (Å²) < 4.78 is 10.7. The summed E-state index contributed by atoms with van der Waals surface area (Å²) in [6.07, 6.45) is 7.28. The summed E-state index contributed by atoms with van der Waals surface area (Å²) in [7, 11) is 3.57. The van der Waals surface area contributed by atoms with Gasteiger partial charge in [0.25, 0.3) is 0 Å². The Morgan fingerprint density at radius 1 is 1.17 bits per heavy atom. The van der Waals surface area contributed by atoms with Crippen molar-refractivity contribution in [1.82, 2.24) is 14.9 Å². The van der Waals surface area contributed by atoms with Gasteiger partial charge in [0.05, 0.1) is 13.2 Å². The first-order valence-corrected chi connectivity index (χ1v) is 8.50. The number of hydrogen-bond acceptors (Lipinski definition) is 6. The van der Waals surface area contributed by atoms with Crippen molar-refractivity contribution in [3.8, 4) is 0 Å². The first-order valence-electron chi connectivity index (χ1n) is 8.50. The molecule has 6 nitrogen and oxygen atoms in total. The number of anilines is 1. The number of likely N-dealkylation sites (tertiary alicyclic amines) is 1. The largest absolute Gasteiger partial charge is 0.383 e.